The maximum absolute atomic E-state index is 15.0. The molecule has 5 nitrogen and oxygen atoms in total. The number of amides is 1. The quantitative estimate of drug-likeness (QED) is 0.174. The second-order valence-corrected chi connectivity index (χ2v) is 11.5. The highest BCUT2D eigenvalue weighted by Crippen LogP contribution is 2.43. The van der Waals surface area contributed by atoms with Crippen molar-refractivity contribution in [2.75, 3.05) is 12.8 Å². The molecule has 2 rings (SSSR count). The van der Waals surface area contributed by atoms with Crippen molar-refractivity contribution >= 4 is 56.6 Å². The summed E-state index contributed by atoms with van der Waals surface area (Å²) in [5.41, 5.74) is -3.49. The molecule has 0 aromatic heterocycles. The van der Waals surface area contributed by atoms with Crippen molar-refractivity contribution in [2.24, 2.45) is 0 Å². The maximum Gasteiger partial charge on any atom is 0.417 e. The minimum atomic E-state index is -5.42. The fourth-order valence-corrected chi connectivity index (χ4v) is 4.75. The molecule has 19 heteroatoms. The summed E-state index contributed by atoms with van der Waals surface area (Å²) in [6, 6.07) is 2.30. The van der Waals surface area contributed by atoms with Gasteiger partial charge in [-0.25, -0.2) is 12.8 Å². The third kappa shape index (κ3) is 9.36. The van der Waals surface area contributed by atoms with Crippen molar-refractivity contribution in [2.45, 2.75) is 30.9 Å². The number of nitrogens with zero attached hydrogens (tertiary/aromatic N) is 1. The van der Waals surface area contributed by atoms with Crippen LogP contribution in [0, 0.1) is 0 Å². The predicted molar refractivity (Wildman–Crippen MR) is 130 cm³/mol. The zero-order valence-corrected chi connectivity index (χ0v) is 23.0. The fraction of sp³-hybridized carbons (Fsp3) is 0.318. The Hall–Kier alpha value is -2.27. The molecule has 41 heavy (non-hydrogen) atoms. The largest absolute Gasteiger partial charge is 0.417 e. The van der Waals surface area contributed by atoms with E-state index in [-0.39, 0.29) is 21.6 Å². The van der Waals surface area contributed by atoms with Crippen LogP contribution in [0.5, 0.6) is 0 Å². The number of hydrogen-bond donors (Lipinski definition) is 1. The van der Waals surface area contributed by atoms with Gasteiger partial charge in [0.1, 0.15) is 11.7 Å². The van der Waals surface area contributed by atoms with Gasteiger partial charge in [-0.3, -0.25) is 10.2 Å². The summed E-state index contributed by atoms with van der Waals surface area (Å²) in [6.45, 7) is 0. The Labute approximate surface area is 240 Å². The molecular formula is C22H15Cl3F10N2O3S. The standard InChI is InChI=1S/C22H15Cl3F10N2O3S/c1-37(41(39,40)5-4-20(27,28)29)36-19(38)12-3-2-10(6-14(12)22(33,34)35)17(26)9-13(21(30,31)32)11-7-15(23)18(25)16(24)8-11/h2-3,6-9,13H,4-5H2,1H3,(H,36,38)/b17-9-. The van der Waals surface area contributed by atoms with E-state index in [9.17, 15) is 57.1 Å². The first kappa shape index (κ1) is 34.9. The summed E-state index contributed by atoms with van der Waals surface area (Å²) in [5, 5.41) is -1.14. The van der Waals surface area contributed by atoms with Crippen molar-refractivity contribution in [1.82, 2.24) is 9.84 Å². The second-order valence-electron chi connectivity index (χ2n) is 8.18. The van der Waals surface area contributed by atoms with Crippen LogP contribution in [0.1, 0.15) is 39.4 Å². The molecule has 1 amide bonds. The molecular weight excluding hydrogens is 669 g/mol. The number of carbonyl (C=O) groups excluding carboxylic acids is 1. The van der Waals surface area contributed by atoms with Gasteiger partial charge in [0.2, 0.25) is 10.0 Å². The molecule has 1 unspecified atom stereocenters. The van der Waals surface area contributed by atoms with Crippen molar-refractivity contribution < 1.29 is 57.1 Å². The molecule has 0 aliphatic heterocycles. The van der Waals surface area contributed by atoms with E-state index in [1.54, 1.807) is 0 Å². The Morgan fingerprint density at radius 3 is 1.98 bits per heavy atom. The van der Waals surface area contributed by atoms with Gasteiger partial charge in [0, 0.05) is 12.6 Å². The number of allylic oxidation sites excluding steroid dienone is 1. The van der Waals surface area contributed by atoms with Crippen molar-refractivity contribution in [1.29, 1.82) is 0 Å². The van der Waals surface area contributed by atoms with Gasteiger partial charge in [-0.05, 0) is 35.9 Å². The van der Waals surface area contributed by atoms with E-state index >= 15 is 0 Å². The molecule has 0 aliphatic carbocycles. The van der Waals surface area contributed by atoms with Crippen LogP contribution in [0.3, 0.4) is 0 Å². The lowest BCUT2D eigenvalue weighted by molar-refractivity contribution is -0.140. The SMILES string of the molecule is CN(NC(=O)c1ccc(/C(F)=C/C(c2cc(Cl)c(Cl)c(Cl)c2)C(F)(F)F)cc1C(F)(F)F)S(=O)(=O)CCC(F)(F)F. The minimum absolute atomic E-state index is 0.00580. The zero-order valence-electron chi connectivity index (χ0n) is 19.9. The Balaban J connectivity index is 2.49. The molecule has 228 valence electrons. The monoisotopic (exact) mass is 682 g/mol. The third-order valence-electron chi connectivity index (χ3n) is 5.20. The maximum atomic E-state index is 15.0. The van der Waals surface area contributed by atoms with Crippen molar-refractivity contribution in [3.05, 3.63) is 73.7 Å². The lowest BCUT2D eigenvalue weighted by Crippen LogP contribution is -2.45. The van der Waals surface area contributed by atoms with Crippen LogP contribution in [-0.4, -0.2) is 43.9 Å². The lowest BCUT2D eigenvalue weighted by Gasteiger charge is -2.21. The molecule has 0 aliphatic rings. The molecule has 2 aromatic rings. The lowest BCUT2D eigenvalue weighted by atomic mass is 9.95. The molecule has 0 spiro atoms. The van der Waals surface area contributed by atoms with Crippen molar-refractivity contribution in [3.63, 3.8) is 0 Å². The van der Waals surface area contributed by atoms with Gasteiger partial charge in [-0.2, -0.15) is 39.5 Å². The average Bonchev–Trinajstić information content (AvgIpc) is 2.82. The van der Waals surface area contributed by atoms with E-state index in [4.69, 9.17) is 34.8 Å². The van der Waals surface area contributed by atoms with Gasteiger partial charge in [0.15, 0.2) is 0 Å². The highest BCUT2D eigenvalue weighted by atomic mass is 35.5. The van der Waals surface area contributed by atoms with Crippen LogP contribution in [0.2, 0.25) is 15.1 Å². The first-order valence-electron chi connectivity index (χ1n) is 10.6. The average molecular weight is 684 g/mol. The van der Waals surface area contributed by atoms with Gasteiger partial charge in [0.25, 0.3) is 5.91 Å². The molecule has 0 fully saturated rings. The first-order chi connectivity index (χ1) is 18.4. The molecule has 0 heterocycles. The van der Waals surface area contributed by atoms with Crippen LogP contribution in [0.25, 0.3) is 5.83 Å². The Morgan fingerprint density at radius 2 is 1.51 bits per heavy atom. The normalized spacial score (nSPS) is 14.4. The third-order valence-corrected chi connectivity index (χ3v) is 8.04. The Morgan fingerprint density at radius 1 is 0.976 bits per heavy atom. The molecule has 1 N–H and O–H groups in total. The summed E-state index contributed by atoms with van der Waals surface area (Å²) >= 11 is 17.2. The zero-order chi connectivity index (χ0) is 31.7. The van der Waals surface area contributed by atoms with Gasteiger partial charge in [-0.15, -0.1) is 4.41 Å². The van der Waals surface area contributed by atoms with E-state index < -0.39 is 90.7 Å². The molecule has 0 saturated carbocycles. The summed E-state index contributed by atoms with van der Waals surface area (Å²) in [5.74, 6) is -7.88. The summed E-state index contributed by atoms with van der Waals surface area (Å²) in [4.78, 5) is 12.4. The highest BCUT2D eigenvalue weighted by Gasteiger charge is 2.41. The summed E-state index contributed by atoms with van der Waals surface area (Å²) < 4.78 is 158. The summed E-state index contributed by atoms with van der Waals surface area (Å²) in [7, 11) is -4.28. The topological polar surface area (TPSA) is 66.5 Å². The first-order valence-corrected chi connectivity index (χ1v) is 13.3. The Bertz CT molecular complexity index is 1420. The molecule has 2 aromatic carbocycles. The number of nitrogens with one attached hydrogen (secondary N) is 1. The van der Waals surface area contributed by atoms with Crippen LogP contribution < -0.4 is 5.43 Å². The Kier molecular flexibility index (Phi) is 10.7. The number of halogens is 13. The predicted octanol–water partition coefficient (Wildman–Crippen LogP) is 8.18. The highest BCUT2D eigenvalue weighted by molar-refractivity contribution is 7.89. The smallest absolute Gasteiger partial charge is 0.271 e. The van der Waals surface area contributed by atoms with Gasteiger partial charge >= 0.3 is 18.5 Å². The van der Waals surface area contributed by atoms with Crippen LogP contribution >= 0.6 is 34.8 Å². The molecule has 0 saturated heterocycles. The van der Waals surface area contributed by atoms with Crippen LogP contribution in [-0.2, 0) is 16.2 Å². The number of alkyl halides is 9. The van der Waals surface area contributed by atoms with Crippen molar-refractivity contribution in [3.8, 4) is 0 Å². The molecule has 0 bridgehead atoms. The van der Waals surface area contributed by atoms with E-state index in [0.717, 1.165) is 12.1 Å². The van der Waals surface area contributed by atoms with Gasteiger partial charge in [-0.1, -0.05) is 40.9 Å². The second kappa shape index (κ2) is 12.5. The number of carbonyl (C=O) groups is 1. The fourth-order valence-electron chi connectivity index (χ4n) is 3.16. The minimum Gasteiger partial charge on any atom is -0.271 e. The van der Waals surface area contributed by atoms with Crippen LogP contribution in [0.15, 0.2) is 36.4 Å². The summed E-state index contributed by atoms with van der Waals surface area (Å²) in [6.07, 6.45) is -17.4. The van der Waals surface area contributed by atoms with E-state index in [1.165, 1.54) is 5.43 Å². The van der Waals surface area contributed by atoms with E-state index in [0.29, 0.717) is 19.2 Å². The number of hydrogen-bond acceptors (Lipinski definition) is 3. The van der Waals surface area contributed by atoms with E-state index in [1.807, 2.05) is 0 Å². The van der Waals surface area contributed by atoms with Crippen LogP contribution in [0.4, 0.5) is 43.9 Å². The number of hydrazine groups is 1. The molecule has 0 radical (unpaired) electrons. The molecule has 1 atom stereocenters. The van der Waals surface area contributed by atoms with E-state index in [2.05, 4.69) is 0 Å². The number of sulfonamides is 1. The van der Waals surface area contributed by atoms with Gasteiger partial charge in [0.05, 0.1) is 38.4 Å². The number of rotatable bonds is 8. The number of benzene rings is 2. The van der Waals surface area contributed by atoms with Gasteiger partial charge < -0.3 is 0 Å².